The minimum Gasteiger partial charge on any atom is -0.208 e. The predicted molar refractivity (Wildman–Crippen MR) is 217 cm³/mol. The van der Waals surface area contributed by atoms with E-state index in [4.69, 9.17) is 15.0 Å². The van der Waals surface area contributed by atoms with Gasteiger partial charge in [-0.3, -0.25) is 0 Å². The summed E-state index contributed by atoms with van der Waals surface area (Å²) < 4.78 is 2.57. The van der Waals surface area contributed by atoms with Crippen LogP contribution in [-0.2, 0) is 5.41 Å². The normalized spacial score (nSPS) is 13.0. The number of thiophene rings is 1. The molecule has 7 aromatic carbocycles. The van der Waals surface area contributed by atoms with Crippen LogP contribution in [0.25, 0.3) is 87.7 Å². The van der Waals surface area contributed by atoms with Crippen molar-refractivity contribution in [2.75, 3.05) is 0 Å². The van der Waals surface area contributed by atoms with Crippen molar-refractivity contribution in [2.24, 2.45) is 0 Å². The molecule has 0 spiro atoms. The first kappa shape index (κ1) is 30.6. The Morgan fingerprint density at radius 3 is 1.69 bits per heavy atom. The average Bonchev–Trinajstić information content (AvgIpc) is 3.70. The molecule has 4 heteroatoms. The van der Waals surface area contributed by atoms with Gasteiger partial charge in [-0.1, -0.05) is 147 Å². The van der Waals surface area contributed by atoms with Crippen molar-refractivity contribution in [1.29, 1.82) is 0 Å². The highest BCUT2D eigenvalue weighted by Crippen LogP contribution is 2.50. The lowest BCUT2D eigenvalue weighted by Crippen LogP contribution is -2.14. The van der Waals surface area contributed by atoms with Crippen LogP contribution in [0.4, 0.5) is 0 Å². The highest BCUT2D eigenvalue weighted by Gasteiger charge is 2.35. The molecule has 1 aliphatic carbocycles. The first-order chi connectivity index (χ1) is 25.5. The van der Waals surface area contributed by atoms with Gasteiger partial charge in [-0.05, 0) is 74.8 Å². The van der Waals surface area contributed by atoms with Crippen LogP contribution in [0.5, 0.6) is 0 Å². The number of hydrogen-bond donors (Lipinski definition) is 0. The summed E-state index contributed by atoms with van der Waals surface area (Å²) in [6, 6.07) is 58.4. The Balaban J connectivity index is 1.22. The predicted octanol–water partition coefficient (Wildman–Crippen LogP) is 12.9. The van der Waals surface area contributed by atoms with Crippen LogP contribution in [-0.4, -0.2) is 15.0 Å². The molecule has 0 atom stereocenters. The van der Waals surface area contributed by atoms with Gasteiger partial charge in [0.05, 0.1) is 0 Å². The third kappa shape index (κ3) is 4.98. The zero-order valence-corrected chi connectivity index (χ0v) is 29.7. The Labute approximate surface area is 307 Å². The summed E-state index contributed by atoms with van der Waals surface area (Å²) in [5.41, 5.74) is 12.8. The monoisotopic (exact) mass is 683 g/mol. The van der Waals surface area contributed by atoms with E-state index in [2.05, 4.69) is 141 Å². The van der Waals surface area contributed by atoms with Crippen LogP contribution in [0.15, 0.2) is 164 Å². The van der Waals surface area contributed by atoms with Gasteiger partial charge in [0, 0.05) is 42.3 Å². The maximum Gasteiger partial charge on any atom is 0.164 e. The lowest BCUT2D eigenvalue weighted by Gasteiger charge is -2.22. The smallest absolute Gasteiger partial charge is 0.164 e. The van der Waals surface area contributed by atoms with Crippen molar-refractivity contribution in [1.82, 2.24) is 15.0 Å². The van der Waals surface area contributed by atoms with Crippen molar-refractivity contribution in [3.05, 3.63) is 175 Å². The summed E-state index contributed by atoms with van der Waals surface area (Å²) in [4.78, 5) is 15.3. The number of benzene rings is 7. The van der Waals surface area contributed by atoms with Crippen LogP contribution in [0, 0.1) is 0 Å². The second-order valence-corrected chi connectivity index (χ2v) is 15.1. The van der Waals surface area contributed by atoms with E-state index in [1.165, 1.54) is 53.6 Å². The van der Waals surface area contributed by atoms with Gasteiger partial charge in [0.25, 0.3) is 0 Å². The summed E-state index contributed by atoms with van der Waals surface area (Å²) in [6.45, 7) is 4.68. The van der Waals surface area contributed by atoms with E-state index in [9.17, 15) is 0 Å². The molecular formula is C48H33N3S. The molecule has 52 heavy (non-hydrogen) atoms. The molecule has 0 N–H and O–H groups in total. The number of fused-ring (bicyclic) bond motifs is 6. The molecule has 0 radical (unpaired) electrons. The second kappa shape index (κ2) is 11.9. The highest BCUT2D eigenvalue weighted by atomic mass is 32.1. The van der Waals surface area contributed by atoms with Crippen LogP contribution in [0.2, 0.25) is 0 Å². The first-order valence-corrected chi connectivity index (χ1v) is 18.5. The fraction of sp³-hybridized carbons (Fsp3) is 0.0625. The van der Waals surface area contributed by atoms with E-state index in [0.29, 0.717) is 17.5 Å². The van der Waals surface area contributed by atoms with Crippen molar-refractivity contribution < 1.29 is 0 Å². The van der Waals surface area contributed by atoms with E-state index >= 15 is 0 Å². The van der Waals surface area contributed by atoms with Gasteiger partial charge in [0.2, 0.25) is 0 Å². The molecule has 3 nitrogen and oxygen atoms in total. The van der Waals surface area contributed by atoms with E-state index in [1.807, 2.05) is 47.7 Å². The van der Waals surface area contributed by atoms with E-state index in [1.54, 1.807) is 0 Å². The van der Waals surface area contributed by atoms with E-state index in [0.717, 1.165) is 27.8 Å². The topological polar surface area (TPSA) is 38.7 Å². The van der Waals surface area contributed by atoms with Crippen molar-refractivity contribution in [2.45, 2.75) is 19.3 Å². The Morgan fingerprint density at radius 1 is 0.385 bits per heavy atom. The molecule has 0 saturated heterocycles. The zero-order chi connectivity index (χ0) is 34.8. The molecule has 1 aliphatic rings. The Morgan fingerprint density at radius 2 is 0.942 bits per heavy atom. The van der Waals surface area contributed by atoms with Gasteiger partial charge >= 0.3 is 0 Å². The number of nitrogens with zero attached hydrogens (tertiary/aromatic N) is 3. The summed E-state index contributed by atoms with van der Waals surface area (Å²) in [7, 11) is 0. The lowest BCUT2D eigenvalue weighted by atomic mass is 9.81. The third-order valence-corrected chi connectivity index (χ3v) is 11.7. The quantitative estimate of drug-likeness (QED) is 0.181. The molecule has 2 aromatic heterocycles. The molecule has 10 rings (SSSR count). The van der Waals surface area contributed by atoms with Gasteiger partial charge in [-0.2, -0.15) is 0 Å². The standard InChI is InChI=1S/C48H33N3S/c1-48(2)41-22-11-9-18-37(41)38-25-24-32(29-42(38)48)33-26-34(36-20-13-21-40-39-19-10-12-23-43(39)52-44(36)40)28-35(27-33)47-50-45(30-14-5-3-6-15-30)49-46(51-47)31-16-7-4-8-17-31/h3-29H,1-2H3. The lowest BCUT2D eigenvalue weighted by molar-refractivity contribution is 0.660. The Bertz CT molecular complexity index is 2760. The molecule has 0 unspecified atom stereocenters. The average molecular weight is 684 g/mol. The molecule has 0 saturated carbocycles. The van der Waals surface area contributed by atoms with Gasteiger partial charge in [-0.25, -0.2) is 15.0 Å². The van der Waals surface area contributed by atoms with Crippen molar-refractivity contribution in [3.8, 4) is 67.5 Å². The third-order valence-electron chi connectivity index (χ3n) is 10.5. The van der Waals surface area contributed by atoms with Crippen LogP contribution in [0.1, 0.15) is 25.0 Å². The Hall–Kier alpha value is -6.23. The second-order valence-electron chi connectivity index (χ2n) is 14.0. The van der Waals surface area contributed by atoms with Crippen molar-refractivity contribution in [3.63, 3.8) is 0 Å². The molecule has 246 valence electrons. The molecule has 0 bridgehead atoms. The number of aromatic nitrogens is 3. The minimum absolute atomic E-state index is 0.103. The summed E-state index contributed by atoms with van der Waals surface area (Å²) in [5, 5.41) is 2.57. The van der Waals surface area contributed by atoms with Crippen LogP contribution >= 0.6 is 11.3 Å². The van der Waals surface area contributed by atoms with Crippen molar-refractivity contribution >= 4 is 31.5 Å². The molecule has 9 aromatic rings. The van der Waals surface area contributed by atoms with Crippen LogP contribution < -0.4 is 0 Å². The van der Waals surface area contributed by atoms with Crippen LogP contribution in [0.3, 0.4) is 0 Å². The van der Waals surface area contributed by atoms with Gasteiger partial charge in [-0.15, -0.1) is 11.3 Å². The summed E-state index contributed by atoms with van der Waals surface area (Å²) in [6.07, 6.45) is 0. The van der Waals surface area contributed by atoms with E-state index in [-0.39, 0.29) is 5.41 Å². The summed E-state index contributed by atoms with van der Waals surface area (Å²) >= 11 is 1.85. The Kier molecular flexibility index (Phi) is 7.02. The van der Waals surface area contributed by atoms with Gasteiger partial charge in [0.1, 0.15) is 0 Å². The molecule has 0 fully saturated rings. The van der Waals surface area contributed by atoms with E-state index < -0.39 is 0 Å². The molecule has 0 aliphatic heterocycles. The molecular weight excluding hydrogens is 651 g/mol. The first-order valence-electron chi connectivity index (χ1n) is 17.7. The fourth-order valence-electron chi connectivity index (χ4n) is 7.87. The minimum atomic E-state index is -0.103. The van der Waals surface area contributed by atoms with Gasteiger partial charge < -0.3 is 0 Å². The molecule has 2 heterocycles. The highest BCUT2D eigenvalue weighted by molar-refractivity contribution is 7.26. The maximum atomic E-state index is 5.15. The largest absolute Gasteiger partial charge is 0.208 e. The summed E-state index contributed by atoms with van der Waals surface area (Å²) in [5.74, 6) is 1.95. The number of rotatable bonds is 5. The fourth-order valence-corrected chi connectivity index (χ4v) is 9.11. The molecule has 0 amide bonds. The van der Waals surface area contributed by atoms with Gasteiger partial charge in [0.15, 0.2) is 17.5 Å². The SMILES string of the molecule is CC1(C)c2ccccc2-c2ccc(-c3cc(-c4nc(-c5ccccc5)nc(-c5ccccc5)n4)cc(-c4cccc5c4sc4ccccc45)c3)cc21. The zero-order valence-electron chi connectivity index (χ0n) is 28.8. The number of hydrogen-bond acceptors (Lipinski definition) is 4. The maximum absolute atomic E-state index is 5.15.